The number of anilines is 2. The van der Waals surface area contributed by atoms with Gasteiger partial charge >= 0.3 is 0 Å². The van der Waals surface area contributed by atoms with E-state index >= 15 is 0 Å². The molecule has 0 amide bonds. The molecule has 1 unspecified atom stereocenters. The minimum absolute atomic E-state index is 0.0526. The molecule has 18 heavy (non-hydrogen) atoms. The fourth-order valence-electron chi connectivity index (χ4n) is 1.95. The minimum atomic E-state index is -0.796. The van der Waals surface area contributed by atoms with Crippen LogP contribution in [0.1, 0.15) is 32.6 Å². The molecule has 1 fully saturated rings. The van der Waals surface area contributed by atoms with E-state index in [9.17, 15) is 8.78 Å². The maximum atomic E-state index is 13.6. The van der Waals surface area contributed by atoms with Gasteiger partial charge in [0, 0.05) is 12.1 Å². The van der Waals surface area contributed by atoms with Gasteiger partial charge in [0.05, 0.1) is 0 Å². The van der Waals surface area contributed by atoms with Gasteiger partial charge in [-0.2, -0.15) is 0 Å². The van der Waals surface area contributed by atoms with Crippen LogP contribution < -0.4 is 16.6 Å². The van der Waals surface area contributed by atoms with Crippen LogP contribution in [0, 0.1) is 17.6 Å². The highest BCUT2D eigenvalue weighted by molar-refractivity contribution is 5.47. The molecule has 2 rings (SSSR count). The van der Waals surface area contributed by atoms with E-state index in [4.69, 9.17) is 5.84 Å². The summed E-state index contributed by atoms with van der Waals surface area (Å²) in [5.41, 5.74) is 2.11. The monoisotopic (exact) mass is 256 g/mol. The number of nitrogens with one attached hydrogen (secondary N) is 2. The van der Waals surface area contributed by atoms with Crippen LogP contribution in [-0.2, 0) is 0 Å². The van der Waals surface area contributed by atoms with Crippen LogP contribution in [0.2, 0.25) is 0 Å². The average Bonchev–Trinajstić information content (AvgIpc) is 3.15. The van der Waals surface area contributed by atoms with Gasteiger partial charge in [0.1, 0.15) is 0 Å². The zero-order chi connectivity index (χ0) is 13.1. The molecule has 1 heterocycles. The van der Waals surface area contributed by atoms with Crippen LogP contribution in [0.15, 0.2) is 6.07 Å². The van der Waals surface area contributed by atoms with Crippen molar-refractivity contribution in [3.63, 3.8) is 0 Å². The summed E-state index contributed by atoms with van der Waals surface area (Å²) in [6, 6.07) is 0.949. The lowest BCUT2D eigenvalue weighted by molar-refractivity contribution is 0.557. The standard InChI is InChI=1S/C12H18F2N4/c1-2-8(5-7-3-4-7)16-11-9(13)6-10(14)12(17-11)18-15/h6-8H,2-5,15H2,1H3,(H2,16,17,18). The van der Waals surface area contributed by atoms with Gasteiger partial charge in [-0.1, -0.05) is 19.8 Å². The van der Waals surface area contributed by atoms with E-state index in [2.05, 4.69) is 15.7 Å². The van der Waals surface area contributed by atoms with E-state index in [0.717, 1.165) is 24.8 Å². The Labute approximate surface area is 105 Å². The van der Waals surface area contributed by atoms with Crippen LogP contribution in [-0.4, -0.2) is 11.0 Å². The normalized spacial score (nSPS) is 16.4. The number of hydrogen-bond donors (Lipinski definition) is 3. The first kappa shape index (κ1) is 13.0. The zero-order valence-corrected chi connectivity index (χ0v) is 10.3. The third kappa shape index (κ3) is 3.07. The second kappa shape index (κ2) is 5.48. The smallest absolute Gasteiger partial charge is 0.178 e. The van der Waals surface area contributed by atoms with E-state index in [1.54, 1.807) is 0 Å². The largest absolute Gasteiger partial charge is 0.365 e. The molecule has 6 heteroatoms. The summed E-state index contributed by atoms with van der Waals surface area (Å²) in [6.45, 7) is 2.03. The van der Waals surface area contributed by atoms with Crippen LogP contribution in [0.4, 0.5) is 20.4 Å². The maximum Gasteiger partial charge on any atom is 0.178 e. The van der Waals surface area contributed by atoms with Crippen molar-refractivity contribution < 1.29 is 8.78 Å². The molecule has 4 nitrogen and oxygen atoms in total. The number of rotatable bonds is 6. The van der Waals surface area contributed by atoms with E-state index in [-0.39, 0.29) is 17.7 Å². The van der Waals surface area contributed by atoms with Crippen LogP contribution >= 0.6 is 0 Å². The Morgan fingerprint density at radius 2 is 2.06 bits per heavy atom. The molecule has 1 saturated carbocycles. The molecule has 0 spiro atoms. The van der Waals surface area contributed by atoms with E-state index in [0.29, 0.717) is 0 Å². The van der Waals surface area contributed by atoms with Crippen LogP contribution in [0.3, 0.4) is 0 Å². The first-order valence-corrected chi connectivity index (χ1v) is 6.23. The highest BCUT2D eigenvalue weighted by Crippen LogP contribution is 2.35. The Kier molecular flexibility index (Phi) is 3.96. The Bertz CT molecular complexity index is 421. The molecular formula is C12H18F2N4. The van der Waals surface area contributed by atoms with E-state index in [1.165, 1.54) is 12.8 Å². The number of halogens is 2. The lowest BCUT2D eigenvalue weighted by atomic mass is 10.1. The van der Waals surface area contributed by atoms with Gasteiger partial charge in [-0.05, 0) is 18.8 Å². The van der Waals surface area contributed by atoms with Gasteiger partial charge in [-0.3, -0.25) is 0 Å². The summed E-state index contributed by atoms with van der Waals surface area (Å²) >= 11 is 0. The Morgan fingerprint density at radius 3 is 2.61 bits per heavy atom. The number of nitrogens with two attached hydrogens (primary N) is 1. The van der Waals surface area contributed by atoms with Crippen LogP contribution in [0.25, 0.3) is 0 Å². The van der Waals surface area contributed by atoms with Crippen molar-refractivity contribution in [1.82, 2.24) is 4.98 Å². The number of aromatic nitrogens is 1. The minimum Gasteiger partial charge on any atom is -0.365 e. The number of nitrogen functional groups attached to an aromatic ring is 1. The fraction of sp³-hybridized carbons (Fsp3) is 0.583. The summed E-state index contributed by atoms with van der Waals surface area (Å²) in [5.74, 6) is 4.27. The first-order chi connectivity index (χ1) is 8.63. The van der Waals surface area contributed by atoms with Gasteiger partial charge in [-0.25, -0.2) is 19.6 Å². The van der Waals surface area contributed by atoms with Crippen molar-refractivity contribution in [2.75, 3.05) is 10.7 Å². The van der Waals surface area contributed by atoms with Gasteiger partial charge in [-0.15, -0.1) is 0 Å². The molecule has 0 radical (unpaired) electrons. The lowest BCUT2D eigenvalue weighted by Gasteiger charge is -2.18. The lowest BCUT2D eigenvalue weighted by Crippen LogP contribution is -2.22. The summed E-state index contributed by atoms with van der Waals surface area (Å²) in [6.07, 6.45) is 4.36. The Balaban J connectivity index is 2.10. The predicted molar refractivity (Wildman–Crippen MR) is 67.0 cm³/mol. The fourth-order valence-corrected chi connectivity index (χ4v) is 1.95. The van der Waals surface area contributed by atoms with Crippen molar-refractivity contribution in [2.45, 2.75) is 38.6 Å². The molecule has 1 aliphatic rings. The molecule has 0 aromatic carbocycles. The van der Waals surface area contributed by atoms with Crippen molar-refractivity contribution in [3.8, 4) is 0 Å². The predicted octanol–water partition coefficient (Wildman–Crippen LogP) is 2.64. The Hall–Kier alpha value is -1.43. The van der Waals surface area contributed by atoms with Gasteiger partial charge < -0.3 is 10.7 Å². The third-order valence-corrected chi connectivity index (χ3v) is 3.21. The molecule has 0 aliphatic heterocycles. The van der Waals surface area contributed by atoms with Crippen molar-refractivity contribution in [2.24, 2.45) is 11.8 Å². The van der Waals surface area contributed by atoms with Gasteiger partial charge in [0.2, 0.25) is 0 Å². The van der Waals surface area contributed by atoms with Crippen molar-refractivity contribution in [3.05, 3.63) is 17.7 Å². The molecule has 0 saturated heterocycles. The summed E-state index contributed by atoms with van der Waals surface area (Å²) in [5, 5.41) is 3.02. The highest BCUT2D eigenvalue weighted by Gasteiger charge is 2.25. The Morgan fingerprint density at radius 1 is 1.39 bits per heavy atom. The number of hydrogen-bond acceptors (Lipinski definition) is 4. The number of hydrazine groups is 1. The average molecular weight is 256 g/mol. The van der Waals surface area contributed by atoms with Crippen molar-refractivity contribution >= 4 is 11.6 Å². The van der Waals surface area contributed by atoms with Crippen LogP contribution in [0.5, 0.6) is 0 Å². The molecule has 1 aromatic rings. The molecule has 0 bridgehead atoms. The molecule has 100 valence electrons. The molecule has 1 atom stereocenters. The quantitative estimate of drug-likeness (QED) is 0.541. The second-order valence-corrected chi connectivity index (χ2v) is 4.72. The summed E-state index contributed by atoms with van der Waals surface area (Å²) in [7, 11) is 0. The molecular weight excluding hydrogens is 238 g/mol. The van der Waals surface area contributed by atoms with E-state index in [1.807, 2.05) is 6.92 Å². The molecule has 1 aromatic heterocycles. The van der Waals surface area contributed by atoms with E-state index < -0.39 is 11.6 Å². The maximum absolute atomic E-state index is 13.6. The topological polar surface area (TPSA) is 63.0 Å². The summed E-state index contributed by atoms with van der Waals surface area (Å²) in [4.78, 5) is 3.81. The molecule has 4 N–H and O–H groups in total. The SMILES string of the molecule is CCC(CC1CC1)Nc1nc(NN)c(F)cc1F. The van der Waals surface area contributed by atoms with Crippen molar-refractivity contribution in [1.29, 1.82) is 0 Å². The summed E-state index contributed by atoms with van der Waals surface area (Å²) < 4.78 is 26.8. The first-order valence-electron chi connectivity index (χ1n) is 6.23. The number of nitrogens with zero attached hydrogens (tertiary/aromatic N) is 1. The molecule has 1 aliphatic carbocycles. The third-order valence-electron chi connectivity index (χ3n) is 3.21. The number of pyridine rings is 1. The van der Waals surface area contributed by atoms with Gasteiger partial charge in [0.15, 0.2) is 23.3 Å². The van der Waals surface area contributed by atoms with Gasteiger partial charge in [0.25, 0.3) is 0 Å². The zero-order valence-electron chi connectivity index (χ0n) is 10.3. The second-order valence-electron chi connectivity index (χ2n) is 4.72. The highest BCUT2D eigenvalue weighted by atomic mass is 19.1.